The molecule has 3 heterocycles. The fourth-order valence-electron chi connectivity index (χ4n) is 4.08. The molecule has 0 spiro atoms. The maximum absolute atomic E-state index is 13.4. The molecule has 9 heteroatoms. The van der Waals surface area contributed by atoms with Crippen LogP contribution in [0.1, 0.15) is 18.2 Å². The van der Waals surface area contributed by atoms with Crippen LogP contribution >= 0.6 is 0 Å². The lowest BCUT2D eigenvalue weighted by Gasteiger charge is -2.36. The van der Waals surface area contributed by atoms with Gasteiger partial charge in [0, 0.05) is 45.3 Å². The number of anilines is 1. The molecule has 32 heavy (non-hydrogen) atoms. The number of rotatable bonds is 7. The molecule has 3 amide bonds. The van der Waals surface area contributed by atoms with Gasteiger partial charge in [-0.15, -0.1) is 0 Å². The predicted molar refractivity (Wildman–Crippen MR) is 117 cm³/mol. The van der Waals surface area contributed by atoms with Gasteiger partial charge in [0.05, 0.1) is 25.0 Å². The Morgan fingerprint density at radius 1 is 1.06 bits per heavy atom. The summed E-state index contributed by atoms with van der Waals surface area (Å²) in [5.41, 5.74) is 1.97. The molecule has 0 radical (unpaired) electrons. The van der Waals surface area contributed by atoms with Crippen LogP contribution in [0.2, 0.25) is 0 Å². The fourth-order valence-corrected chi connectivity index (χ4v) is 4.08. The lowest BCUT2D eigenvalue weighted by atomic mass is 10.0. The molecular formula is C23H26N4O5. The summed E-state index contributed by atoms with van der Waals surface area (Å²) in [6.45, 7) is 4.71. The van der Waals surface area contributed by atoms with Crippen molar-refractivity contribution in [2.75, 3.05) is 44.6 Å². The molecule has 1 aromatic heterocycles. The molecular weight excluding hydrogens is 412 g/mol. The summed E-state index contributed by atoms with van der Waals surface area (Å²) in [7, 11) is 0. The molecule has 2 N–H and O–H groups in total. The number of piperazine rings is 1. The Bertz CT molecular complexity index is 1020. The first-order chi connectivity index (χ1) is 15.5. The van der Waals surface area contributed by atoms with Gasteiger partial charge in [-0.05, 0) is 29.8 Å². The molecule has 0 unspecified atom stereocenters. The molecule has 1 fully saturated rings. The van der Waals surface area contributed by atoms with E-state index in [0.717, 1.165) is 0 Å². The number of nitrogens with one attached hydrogen (secondary N) is 1. The van der Waals surface area contributed by atoms with Crippen LogP contribution in [0.15, 0.2) is 52.8 Å². The predicted octanol–water partition coefficient (Wildman–Crippen LogP) is 1.13. The Morgan fingerprint density at radius 2 is 1.78 bits per heavy atom. The quantitative estimate of drug-likeness (QED) is 0.624. The molecule has 2 aromatic rings. The third kappa shape index (κ3) is 4.44. The molecule has 0 bridgehead atoms. The Labute approximate surface area is 185 Å². The van der Waals surface area contributed by atoms with E-state index >= 15 is 0 Å². The molecule has 0 saturated carbocycles. The lowest BCUT2D eigenvalue weighted by molar-refractivity contribution is -0.138. The molecule has 1 aromatic carbocycles. The van der Waals surface area contributed by atoms with Crippen molar-refractivity contribution in [2.45, 2.75) is 13.5 Å². The summed E-state index contributed by atoms with van der Waals surface area (Å²) in [5, 5.41) is 11.9. The van der Waals surface area contributed by atoms with Crippen molar-refractivity contribution in [2.24, 2.45) is 0 Å². The molecule has 9 nitrogen and oxygen atoms in total. The van der Waals surface area contributed by atoms with Crippen molar-refractivity contribution in [3.63, 3.8) is 0 Å². The molecule has 2 aliphatic rings. The lowest BCUT2D eigenvalue weighted by Crippen LogP contribution is -2.48. The first-order valence-electron chi connectivity index (χ1n) is 10.6. The normalized spacial score (nSPS) is 17.4. The number of furan rings is 1. The first-order valence-corrected chi connectivity index (χ1v) is 10.6. The monoisotopic (exact) mass is 438 g/mol. The number of aliphatic hydroxyl groups excluding tert-OH is 1. The second kappa shape index (κ2) is 9.37. The fraction of sp³-hybridized carbons (Fsp3) is 0.348. The van der Waals surface area contributed by atoms with Gasteiger partial charge in [-0.2, -0.15) is 0 Å². The Balaban J connectivity index is 1.66. The zero-order valence-corrected chi connectivity index (χ0v) is 17.9. The van der Waals surface area contributed by atoms with Crippen LogP contribution in [-0.4, -0.2) is 76.9 Å². The number of benzene rings is 1. The average Bonchev–Trinajstić information content (AvgIpc) is 3.37. The molecule has 0 atom stereocenters. The Hall–Kier alpha value is -3.43. The second-order valence-corrected chi connectivity index (χ2v) is 7.81. The third-order valence-corrected chi connectivity index (χ3v) is 5.64. The minimum absolute atomic E-state index is 0.0616. The van der Waals surface area contributed by atoms with E-state index in [2.05, 4.69) is 10.2 Å². The van der Waals surface area contributed by atoms with Gasteiger partial charge in [-0.1, -0.05) is 12.1 Å². The van der Waals surface area contributed by atoms with Crippen LogP contribution in [0, 0.1) is 0 Å². The zero-order chi connectivity index (χ0) is 22.7. The van der Waals surface area contributed by atoms with Crippen molar-refractivity contribution in [1.82, 2.24) is 14.7 Å². The van der Waals surface area contributed by atoms with Crippen molar-refractivity contribution < 1.29 is 23.9 Å². The van der Waals surface area contributed by atoms with E-state index in [1.165, 1.54) is 18.1 Å². The van der Waals surface area contributed by atoms with Crippen LogP contribution in [0.25, 0.3) is 5.57 Å². The van der Waals surface area contributed by atoms with E-state index in [-0.39, 0.29) is 30.9 Å². The molecule has 4 rings (SSSR count). The minimum Gasteiger partial charge on any atom is -0.467 e. The summed E-state index contributed by atoms with van der Waals surface area (Å²) in [5.74, 6) is -0.370. The number of carbonyl (C=O) groups is 3. The summed E-state index contributed by atoms with van der Waals surface area (Å²) in [6.07, 6.45) is 1.51. The van der Waals surface area contributed by atoms with Crippen molar-refractivity contribution in [1.29, 1.82) is 0 Å². The summed E-state index contributed by atoms with van der Waals surface area (Å²) < 4.78 is 5.36. The minimum atomic E-state index is -0.369. The van der Waals surface area contributed by atoms with Gasteiger partial charge in [-0.3, -0.25) is 24.2 Å². The highest BCUT2D eigenvalue weighted by molar-refractivity contribution is 6.35. The highest BCUT2D eigenvalue weighted by Crippen LogP contribution is 2.33. The number of imide groups is 1. The highest BCUT2D eigenvalue weighted by atomic mass is 16.3. The molecule has 0 aliphatic carbocycles. The van der Waals surface area contributed by atoms with Gasteiger partial charge in [0.25, 0.3) is 11.8 Å². The topological polar surface area (TPSA) is 106 Å². The van der Waals surface area contributed by atoms with Crippen LogP contribution in [0.3, 0.4) is 0 Å². The smallest absolute Gasteiger partial charge is 0.278 e. The number of hydrogen-bond donors (Lipinski definition) is 2. The average molecular weight is 438 g/mol. The zero-order valence-electron chi connectivity index (χ0n) is 17.9. The molecule has 2 aliphatic heterocycles. The second-order valence-electron chi connectivity index (χ2n) is 7.81. The standard InChI is InChI=1S/C23H26N4O5/c1-16(29)24-18-6-4-17(5-7-18)20-21(26-10-8-25(9-11-26)12-13-28)23(31)27(22(20)30)15-19-3-2-14-32-19/h2-7,14,28H,8-13,15H2,1H3,(H,24,29). The number of β-amino-alcohol motifs (C(OH)–C–C–N with tert-alkyl or cyclic N) is 1. The van der Waals surface area contributed by atoms with Gasteiger partial charge in [0.15, 0.2) is 0 Å². The summed E-state index contributed by atoms with van der Waals surface area (Å²) >= 11 is 0. The highest BCUT2D eigenvalue weighted by Gasteiger charge is 2.42. The summed E-state index contributed by atoms with van der Waals surface area (Å²) in [6, 6.07) is 10.4. The largest absolute Gasteiger partial charge is 0.467 e. The van der Waals surface area contributed by atoms with Gasteiger partial charge in [-0.25, -0.2) is 0 Å². The SMILES string of the molecule is CC(=O)Nc1ccc(C2=C(N3CCN(CCO)CC3)C(=O)N(Cc3ccco3)C2=O)cc1. The molecule has 1 saturated heterocycles. The Kier molecular flexibility index (Phi) is 6.38. The van der Waals surface area contributed by atoms with E-state index in [9.17, 15) is 19.5 Å². The van der Waals surface area contributed by atoms with Gasteiger partial charge >= 0.3 is 0 Å². The number of carbonyl (C=O) groups excluding carboxylic acids is 3. The number of nitrogens with zero attached hydrogens (tertiary/aromatic N) is 3. The summed E-state index contributed by atoms with van der Waals surface area (Å²) in [4.78, 5) is 43.4. The van der Waals surface area contributed by atoms with E-state index in [1.54, 1.807) is 36.4 Å². The van der Waals surface area contributed by atoms with Gasteiger partial charge in [0.2, 0.25) is 5.91 Å². The van der Waals surface area contributed by atoms with Crippen LogP contribution in [0.5, 0.6) is 0 Å². The van der Waals surface area contributed by atoms with Gasteiger partial charge in [0.1, 0.15) is 11.5 Å². The van der Waals surface area contributed by atoms with Crippen molar-refractivity contribution in [3.05, 3.63) is 59.7 Å². The van der Waals surface area contributed by atoms with E-state index in [1.807, 2.05) is 4.90 Å². The third-order valence-electron chi connectivity index (χ3n) is 5.64. The number of hydrogen-bond acceptors (Lipinski definition) is 7. The van der Waals surface area contributed by atoms with E-state index in [4.69, 9.17) is 4.42 Å². The molecule has 168 valence electrons. The number of amides is 3. The van der Waals surface area contributed by atoms with Crippen molar-refractivity contribution >= 4 is 29.0 Å². The maximum Gasteiger partial charge on any atom is 0.278 e. The van der Waals surface area contributed by atoms with E-state index < -0.39 is 0 Å². The number of aliphatic hydroxyl groups is 1. The van der Waals surface area contributed by atoms with Crippen molar-refractivity contribution in [3.8, 4) is 0 Å². The van der Waals surface area contributed by atoms with Crippen LogP contribution in [0.4, 0.5) is 5.69 Å². The first kappa shape index (κ1) is 21.8. The van der Waals surface area contributed by atoms with Crippen LogP contribution in [-0.2, 0) is 20.9 Å². The van der Waals surface area contributed by atoms with Gasteiger partial charge < -0.3 is 19.7 Å². The van der Waals surface area contributed by atoms with Crippen LogP contribution < -0.4 is 5.32 Å². The van der Waals surface area contributed by atoms with E-state index in [0.29, 0.717) is 61.0 Å². The Morgan fingerprint density at radius 3 is 2.38 bits per heavy atom. The maximum atomic E-state index is 13.4.